The van der Waals surface area contributed by atoms with Gasteiger partial charge in [-0.05, 0) is 11.4 Å². The highest BCUT2D eigenvalue weighted by Gasteiger charge is 2.15. The fraction of sp³-hybridized carbons (Fsp3) is 0.200. The van der Waals surface area contributed by atoms with Crippen LogP contribution in [0.15, 0.2) is 23.8 Å². The molecule has 2 N–H and O–H groups in total. The molecule has 1 unspecified atom stereocenters. The second-order valence-corrected chi connectivity index (χ2v) is 4.45. The fourth-order valence-corrected chi connectivity index (χ4v) is 2.48. The molecule has 2 aromatic heterocycles. The Bertz CT molecular complexity index is 488. The minimum Gasteiger partial charge on any atom is -0.481 e. The fourth-order valence-electron chi connectivity index (χ4n) is 1.30. The van der Waals surface area contributed by atoms with Crippen molar-refractivity contribution in [2.45, 2.75) is 6.04 Å². The summed E-state index contributed by atoms with van der Waals surface area (Å²) in [7, 11) is 1.55. The minimum atomic E-state index is -0.343. The molecule has 2 heterocycles. The second-order valence-electron chi connectivity index (χ2n) is 3.10. The van der Waals surface area contributed by atoms with Crippen LogP contribution in [-0.2, 0) is 0 Å². The van der Waals surface area contributed by atoms with Gasteiger partial charge in [0.15, 0.2) is 0 Å². The maximum Gasteiger partial charge on any atom is 0.216 e. The van der Waals surface area contributed by atoms with E-state index < -0.39 is 0 Å². The van der Waals surface area contributed by atoms with Gasteiger partial charge in [-0.15, -0.1) is 11.3 Å². The molecule has 4 nitrogen and oxygen atoms in total. The van der Waals surface area contributed by atoms with Crippen LogP contribution in [0, 0.1) is 0 Å². The van der Waals surface area contributed by atoms with E-state index in [1.54, 1.807) is 13.2 Å². The van der Waals surface area contributed by atoms with Gasteiger partial charge in [-0.3, -0.25) is 0 Å². The van der Waals surface area contributed by atoms with Gasteiger partial charge in [0.25, 0.3) is 0 Å². The molecule has 2 rings (SSSR count). The van der Waals surface area contributed by atoms with Gasteiger partial charge in [0.05, 0.1) is 23.9 Å². The summed E-state index contributed by atoms with van der Waals surface area (Å²) in [4.78, 5) is 8.93. The van der Waals surface area contributed by atoms with Gasteiger partial charge in [-0.2, -0.15) is 0 Å². The lowest BCUT2D eigenvalue weighted by Crippen LogP contribution is -2.12. The van der Waals surface area contributed by atoms with Crippen molar-refractivity contribution in [1.82, 2.24) is 9.97 Å². The van der Waals surface area contributed by atoms with Crippen molar-refractivity contribution < 1.29 is 4.74 Å². The average Bonchev–Trinajstić information content (AvgIpc) is 2.74. The van der Waals surface area contributed by atoms with Crippen molar-refractivity contribution in [3.8, 4) is 5.88 Å². The van der Waals surface area contributed by atoms with Crippen LogP contribution in [-0.4, -0.2) is 17.1 Å². The molecule has 84 valence electrons. The summed E-state index contributed by atoms with van der Waals surface area (Å²) in [6.45, 7) is 0. The Morgan fingerprint density at radius 3 is 2.94 bits per heavy atom. The molecule has 0 spiro atoms. The van der Waals surface area contributed by atoms with E-state index in [9.17, 15) is 0 Å². The summed E-state index contributed by atoms with van der Waals surface area (Å²) in [5.74, 6) is 0.494. The lowest BCUT2D eigenvalue weighted by molar-refractivity contribution is 0.395. The number of nitrogens with two attached hydrogens (primary N) is 1. The molecule has 0 aliphatic rings. The highest BCUT2D eigenvalue weighted by Crippen LogP contribution is 2.30. The Balaban J connectivity index is 2.33. The molecule has 0 fully saturated rings. The average molecular weight is 256 g/mol. The van der Waals surface area contributed by atoms with Crippen molar-refractivity contribution in [2.24, 2.45) is 5.73 Å². The van der Waals surface area contributed by atoms with Crippen molar-refractivity contribution in [2.75, 3.05) is 7.11 Å². The van der Waals surface area contributed by atoms with Crippen LogP contribution in [0.3, 0.4) is 0 Å². The monoisotopic (exact) mass is 255 g/mol. The van der Waals surface area contributed by atoms with Crippen molar-refractivity contribution in [1.29, 1.82) is 0 Å². The molecule has 0 saturated carbocycles. The van der Waals surface area contributed by atoms with Crippen LogP contribution in [0.1, 0.15) is 16.6 Å². The quantitative estimate of drug-likeness (QED) is 0.914. The maximum atomic E-state index is 6.07. The standard InChI is InChI=1S/C10H10ClN3OS/c1-15-8-4-7(13-5-14-8)9(12)10-6(11)2-3-16-10/h2-5,9H,12H2,1H3. The Morgan fingerprint density at radius 1 is 1.50 bits per heavy atom. The third-order valence-corrected chi connectivity index (χ3v) is 3.56. The molecule has 16 heavy (non-hydrogen) atoms. The van der Waals surface area contributed by atoms with Crippen LogP contribution in [0.4, 0.5) is 0 Å². The van der Waals surface area contributed by atoms with E-state index in [-0.39, 0.29) is 6.04 Å². The van der Waals surface area contributed by atoms with Crippen molar-refractivity contribution in [3.05, 3.63) is 39.4 Å². The first-order valence-corrected chi connectivity index (χ1v) is 5.82. The van der Waals surface area contributed by atoms with Gasteiger partial charge in [0.2, 0.25) is 5.88 Å². The number of hydrogen-bond acceptors (Lipinski definition) is 5. The third-order valence-electron chi connectivity index (χ3n) is 2.12. The molecule has 0 saturated heterocycles. The summed E-state index contributed by atoms with van der Waals surface area (Å²) < 4.78 is 5.02. The SMILES string of the molecule is COc1cc(C(N)c2sccc2Cl)ncn1. The number of aromatic nitrogens is 2. The maximum absolute atomic E-state index is 6.07. The zero-order valence-corrected chi connectivity index (χ0v) is 10.1. The highest BCUT2D eigenvalue weighted by atomic mass is 35.5. The lowest BCUT2D eigenvalue weighted by Gasteiger charge is -2.10. The summed E-state index contributed by atoms with van der Waals surface area (Å²) in [5, 5.41) is 2.56. The Hall–Kier alpha value is -1.17. The van der Waals surface area contributed by atoms with Crippen LogP contribution in [0.25, 0.3) is 0 Å². The molecule has 0 radical (unpaired) electrons. The summed E-state index contributed by atoms with van der Waals surface area (Å²) in [6.07, 6.45) is 1.43. The van der Waals surface area contributed by atoms with Gasteiger partial charge >= 0.3 is 0 Å². The third kappa shape index (κ3) is 2.16. The Kier molecular flexibility index (Phi) is 3.38. The van der Waals surface area contributed by atoms with Gasteiger partial charge in [-0.25, -0.2) is 9.97 Å². The van der Waals surface area contributed by atoms with E-state index in [4.69, 9.17) is 22.1 Å². The lowest BCUT2D eigenvalue weighted by atomic mass is 10.2. The molecule has 6 heteroatoms. The predicted octanol–water partition coefficient (Wildman–Crippen LogP) is 2.25. The van der Waals surface area contributed by atoms with Crippen LogP contribution in [0.2, 0.25) is 5.02 Å². The molecule has 0 bridgehead atoms. The van der Waals surface area contributed by atoms with Gasteiger partial charge in [-0.1, -0.05) is 11.6 Å². The van der Waals surface area contributed by atoms with E-state index in [1.807, 2.05) is 11.4 Å². The van der Waals surface area contributed by atoms with Gasteiger partial charge in [0.1, 0.15) is 6.33 Å². The summed E-state index contributed by atoms with van der Waals surface area (Å²) >= 11 is 7.52. The Labute approximate surface area is 102 Å². The number of nitrogens with zero attached hydrogens (tertiary/aromatic N) is 2. The zero-order valence-electron chi connectivity index (χ0n) is 8.55. The number of halogens is 1. The van der Waals surface area contributed by atoms with Crippen molar-refractivity contribution >= 4 is 22.9 Å². The van der Waals surface area contributed by atoms with E-state index in [0.29, 0.717) is 16.6 Å². The zero-order chi connectivity index (χ0) is 11.5. The van der Waals surface area contributed by atoms with Gasteiger partial charge in [0, 0.05) is 10.9 Å². The van der Waals surface area contributed by atoms with Crippen molar-refractivity contribution in [3.63, 3.8) is 0 Å². The molecular formula is C10H10ClN3OS. The number of thiophene rings is 1. The van der Waals surface area contributed by atoms with Crippen LogP contribution in [0.5, 0.6) is 5.88 Å². The van der Waals surface area contributed by atoms with E-state index in [0.717, 1.165) is 4.88 Å². The highest BCUT2D eigenvalue weighted by molar-refractivity contribution is 7.10. The van der Waals surface area contributed by atoms with Crippen LogP contribution < -0.4 is 10.5 Å². The topological polar surface area (TPSA) is 61.0 Å². The van der Waals surface area contributed by atoms with E-state index in [1.165, 1.54) is 17.7 Å². The number of hydrogen-bond donors (Lipinski definition) is 1. The number of ether oxygens (including phenoxy) is 1. The molecule has 1 atom stereocenters. The molecule has 2 aromatic rings. The largest absolute Gasteiger partial charge is 0.481 e. The first-order chi connectivity index (χ1) is 7.72. The van der Waals surface area contributed by atoms with E-state index >= 15 is 0 Å². The molecular weight excluding hydrogens is 246 g/mol. The van der Waals surface area contributed by atoms with E-state index in [2.05, 4.69) is 9.97 Å². The van der Waals surface area contributed by atoms with Crippen LogP contribution >= 0.6 is 22.9 Å². The molecule has 0 aliphatic carbocycles. The minimum absolute atomic E-state index is 0.343. The Morgan fingerprint density at radius 2 is 2.31 bits per heavy atom. The summed E-state index contributed by atoms with van der Waals surface area (Å²) in [6, 6.07) is 3.19. The summed E-state index contributed by atoms with van der Waals surface area (Å²) in [5.41, 5.74) is 6.76. The smallest absolute Gasteiger partial charge is 0.216 e. The molecule has 0 aliphatic heterocycles. The molecule has 0 aromatic carbocycles. The number of methoxy groups -OCH3 is 1. The second kappa shape index (κ2) is 4.78. The first-order valence-electron chi connectivity index (χ1n) is 4.56. The first kappa shape index (κ1) is 11.3. The normalized spacial score (nSPS) is 12.4. The predicted molar refractivity (Wildman–Crippen MR) is 63.9 cm³/mol. The van der Waals surface area contributed by atoms with Gasteiger partial charge < -0.3 is 10.5 Å². The molecule has 0 amide bonds. The number of rotatable bonds is 3.